The van der Waals surface area contributed by atoms with E-state index in [4.69, 9.17) is 21.2 Å². The number of para-hydroxylation sites is 1. The molecule has 15 heteroatoms. The lowest BCUT2D eigenvalue weighted by Gasteiger charge is -2.11. The van der Waals surface area contributed by atoms with E-state index in [0.717, 1.165) is 135 Å². The summed E-state index contributed by atoms with van der Waals surface area (Å²) in [5.74, 6) is 1.86. The fraction of sp³-hybridized carbons (Fsp3) is 0.226. The second kappa shape index (κ2) is 24.0. The molecule has 0 N–H and O–H groups in total. The fourth-order valence-electron chi connectivity index (χ4n) is 15.1. The van der Waals surface area contributed by atoms with Crippen molar-refractivity contribution in [3.8, 4) is 79.1 Å². The highest BCUT2D eigenvalue weighted by molar-refractivity contribution is 6.10. The molecule has 0 radical (unpaired) electrons. The van der Waals surface area contributed by atoms with Crippen LogP contribution in [0, 0.1) is 89.8 Å². The molecule has 0 saturated heterocycles. The molecule has 0 aliphatic carbocycles. The first-order valence-electron chi connectivity index (χ1n) is 37.7. The van der Waals surface area contributed by atoms with E-state index in [1.54, 1.807) is 0 Å². The maximum absolute atomic E-state index is 7.87. The highest BCUT2D eigenvalue weighted by atomic mass is 16.3. The Hall–Kier alpha value is -11.5. The van der Waals surface area contributed by atoms with Gasteiger partial charge in [0, 0.05) is 120 Å². The molecular weight excluding hydrogens is 1220 g/mol. The molecular formula is C84H84N13O2+3. The summed E-state index contributed by atoms with van der Waals surface area (Å²) in [5, 5.41) is 4.24. The number of pyridine rings is 4. The molecule has 15 nitrogen and oxygen atoms in total. The van der Waals surface area contributed by atoms with Gasteiger partial charge in [-0.25, -0.2) is 19.9 Å². The van der Waals surface area contributed by atoms with Crippen LogP contribution in [-0.2, 0) is 42.3 Å². The highest BCUT2D eigenvalue weighted by Gasteiger charge is 2.31. The molecule has 0 aliphatic heterocycles. The maximum atomic E-state index is 7.87. The molecule has 12 heterocycles. The Balaban J connectivity index is 0.000000129. The van der Waals surface area contributed by atoms with Crippen LogP contribution in [0.25, 0.3) is 140 Å². The smallest absolute Gasteiger partial charge is 0.231 e. The van der Waals surface area contributed by atoms with Crippen molar-refractivity contribution in [3.63, 3.8) is 0 Å². The van der Waals surface area contributed by atoms with Gasteiger partial charge in [-0.1, -0.05) is 84.9 Å². The molecule has 17 rings (SSSR count). The topological polar surface area (TPSA) is 118 Å². The lowest BCUT2D eigenvalue weighted by atomic mass is 9.97. The first-order valence-corrected chi connectivity index (χ1v) is 33.2. The summed E-state index contributed by atoms with van der Waals surface area (Å²) in [6, 6.07) is 56.5. The summed E-state index contributed by atoms with van der Waals surface area (Å²) in [6.07, 6.45) is 0. The monoisotopic (exact) mass is 1320 g/mol. The molecule has 12 aromatic heterocycles. The van der Waals surface area contributed by atoms with Crippen molar-refractivity contribution in [2.75, 3.05) is 0 Å². The Morgan fingerprint density at radius 2 is 0.768 bits per heavy atom. The second-order valence-electron chi connectivity index (χ2n) is 26.3. The zero-order valence-electron chi connectivity index (χ0n) is 67.7. The van der Waals surface area contributed by atoms with E-state index in [2.05, 4.69) is 196 Å². The van der Waals surface area contributed by atoms with Gasteiger partial charge >= 0.3 is 0 Å². The van der Waals surface area contributed by atoms with Gasteiger partial charge in [-0.2, -0.15) is 13.7 Å². The number of nitrogens with zero attached hydrogens (tertiary/aromatic N) is 13. The molecule has 494 valence electrons. The maximum Gasteiger partial charge on any atom is 0.231 e. The molecule has 0 unspecified atom stereocenters. The van der Waals surface area contributed by atoms with E-state index in [1.165, 1.54) is 22.3 Å². The van der Waals surface area contributed by atoms with Gasteiger partial charge in [-0.05, 0) is 160 Å². The zero-order chi connectivity index (χ0) is 77.0. The molecule has 5 aromatic carbocycles. The number of aryl methyl sites for hydroxylation is 16. The summed E-state index contributed by atoms with van der Waals surface area (Å²) < 4.78 is 102. The minimum Gasteiger partial charge on any atom is -0.455 e. The molecule has 0 spiro atoms. The van der Waals surface area contributed by atoms with Crippen LogP contribution < -0.4 is 13.7 Å². The van der Waals surface area contributed by atoms with Crippen molar-refractivity contribution in [1.29, 1.82) is 0 Å². The fourth-order valence-corrected chi connectivity index (χ4v) is 15.1. The van der Waals surface area contributed by atoms with Crippen LogP contribution in [0.3, 0.4) is 0 Å². The number of fused-ring (bicyclic) bond motifs is 9. The summed E-state index contributed by atoms with van der Waals surface area (Å²) in [4.78, 5) is 18.2. The van der Waals surface area contributed by atoms with Crippen molar-refractivity contribution >= 4 is 61.3 Å². The first kappa shape index (κ1) is 53.7. The van der Waals surface area contributed by atoms with Crippen LogP contribution in [0.4, 0.5) is 0 Å². The van der Waals surface area contributed by atoms with Crippen LogP contribution in [0.2, 0.25) is 0 Å². The Labute approximate surface area is 589 Å². The number of hydrogen-bond acceptors (Lipinski definition) is 6. The normalized spacial score (nSPS) is 13.5. The van der Waals surface area contributed by atoms with Gasteiger partial charge < -0.3 is 22.5 Å². The van der Waals surface area contributed by atoms with Gasteiger partial charge in [0.05, 0.1) is 45.3 Å². The first-order chi connectivity index (χ1) is 51.2. The van der Waals surface area contributed by atoms with Gasteiger partial charge in [-0.15, -0.1) is 0 Å². The molecule has 0 fully saturated rings. The van der Waals surface area contributed by atoms with E-state index < -0.39 is 20.6 Å². The molecule has 0 bridgehead atoms. The Kier molecular flexibility index (Phi) is 13.0. The van der Waals surface area contributed by atoms with Crippen LogP contribution in [0.15, 0.2) is 173 Å². The van der Waals surface area contributed by atoms with E-state index in [9.17, 15) is 0 Å². The number of hydrogen-bond donors (Lipinski definition) is 0. The largest absolute Gasteiger partial charge is 0.455 e. The van der Waals surface area contributed by atoms with Gasteiger partial charge in [0.1, 0.15) is 49.4 Å². The molecule has 0 atom stereocenters. The summed E-state index contributed by atoms with van der Waals surface area (Å²) in [7, 11) is 12.0. The molecule has 0 aliphatic rings. The lowest BCUT2D eigenvalue weighted by molar-refractivity contribution is -0.649. The molecule has 0 amide bonds. The lowest BCUT2D eigenvalue weighted by Crippen LogP contribution is -2.34. The number of aromatic nitrogens is 13. The molecule has 99 heavy (non-hydrogen) atoms. The summed E-state index contributed by atoms with van der Waals surface area (Å²) >= 11 is 0. The number of benzene rings is 5. The molecule has 0 saturated carbocycles. The van der Waals surface area contributed by atoms with E-state index in [1.807, 2.05) is 140 Å². The average Bonchev–Trinajstić information content (AvgIpc) is 1.57. The van der Waals surface area contributed by atoms with E-state index in [-0.39, 0.29) is 17.1 Å². The zero-order valence-corrected chi connectivity index (χ0v) is 58.7. The highest BCUT2D eigenvalue weighted by Crippen LogP contribution is 2.41. The Morgan fingerprint density at radius 3 is 1.25 bits per heavy atom. The Morgan fingerprint density at radius 1 is 0.354 bits per heavy atom. The number of imidazole rings is 6. The van der Waals surface area contributed by atoms with Crippen molar-refractivity contribution in [3.05, 3.63) is 237 Å². The van der Waals surface area contributed by atoms with Crippen molar-refractivity contribution in [2.45, 2.75) is 89.8 Å². The predicted octanol–water partition coefficient (Wildman–Crippen LogP) is 17.4. The predicted molar refractivity (Wildman–Crippen MR) is 398 cm³/mol. The van der Waals surface area contributed by atoms with Gasteiger partial charge in [0.15, 0.2) is 5.58 Å². The standard InChI is InChI=1S/C28H28N5O.C28H27N4O.C28H29N4/c1-15-11-13-20-21-14-12-16(2)29-27(21)34-26(20)24(15)22-9-8-10-23(31(22)6)25-19(5)33-18(4)17(3)30-28(33)32(25)7;1-16-14-15-21-20-10-7-8-13-24(20)33-27(21)25(16)22-11-9-12-23(30(22)5)26-19(4)32-18(3)17(2)29-28(32)31(26)6;1-18-15-16-23(22-11-8-7-9-12-22)17-24(18)25-13-10-14-26(30(25)5)27-21(4)32-20(3)19(2)29-28(32)31(27)6/h8-14H,1-7H3;7-15H,1-6H3;7-17H,1-6H3/q3*+1/i3D3;2*2D3. The number of rotatable bonds is 7. The second-order valence-corrected chi connectivity index (χ2v) is 26.3. The van der Waals surface area contributed by atoms with Gasteiger partial charge in [0.25, 0.3) is 0 Å². The summed E-state index contributed by atoms with van der Waals surface area (Å²) in [6.45, 7) is 13.0. The average molecular weight is 1320 g/mol. The van der Waals surface area contributed by atoms with Crippen LogP contribution in [-0.4, -0.2) is 46.8 Å². The minimum atomic E-state index is -2.26. The number of furan rings is 2. The Bertz CT molecular complexity index is 6540. The minimum absolute atomic E-state index is 0.141. The molecule has 17 aromatic rings. The van der Waals surface area contributed by atoms with Crippen molar-refractivity contribution < 1.29 is 34.9 Å². The van der Waals surface area contributed by atoms with Crippen molar-refractivity contribution in [2.24, 2.45) is 42.3 Å². The summed E-state index contributed by atoms with van der Waals surface area (Å²) in [5.41, 5.74) is 27.5. The van der Waals surface area contributed by atoms with E-state index in [0.29, 0.717) is 40.1 Å². The third-order valence-electron chi connectivity index (χ3n) is 20.4. The van der Waals surface area contributed by atoms with Crippen LogP contribution in [0.1, 0.15) is 86.0 Å². The third-order valence-corrected chi connectivity index (χ3v) is 20.4. The van der Waals surface area contributed by atoms with Gasteiger partial charge in [-0.3, -0.25) is 13.2 Å². The van der Waals surface area contributed by atoms with E-state index >= 15 is 0 Å². The van der Waals surface area contributed by atoms with Crippen LogP contribution in [0.5, 0.6) is 0 Å². The van der Waals surface area contributed by atoms with Gasteiger partial charge in [0.2, 0.25) is 57.2 Å². The van der Waals surface area contributed by atoms with Crippen LogP contribution >= 0.6 is 0 Å². The third kappa shape index (κ3) is 9.94. The van der Waals surface area contributed by atoms with Crippen molar-refractivity contribution in [1.82, 2.24) is 46.8 Å². The SMILES string of the molecule is [2H]C([2H])([2H])c1nc2n(C)c(-c3cccc(-c4c(C)ccc5c4oc4ccccc45)[n+]3C)c(C)n2c1C.[2H]C([2H])([2H])c1nc2n(C)c(-c3cccc(-c4c(C)ccc5c4oc4nc(C)ccc45)[n+]3C)c(C)n2c1C.[2H]C([2H])([2H])c1nc2n(C)c(-c3cccc(-c4cc(-c5ccccc5)ccc4C)[n+]3C)c(C)n2c1C. The quantitative estimate of drug-likeness (QED) is 0.147.